The van der Waals surface area contributed by atoms with Gasteiger partial charge in [0, 0.05) is 12.7 Å². The molecule has 0 aliphatic rings. The fourth-order valence-electron chi connectivity index (χ4n) is 1.36. The summed E-state index contributed by atoms with van der Waals surface area (Å²) in [5.74, 6) is 0.0322. The molecule has 0 spiro atoms. The van der Waals surface area contributed by atoms with Crippen molar-refractivity contribution in [1.29, 1.82) is 0 Å². The third-order valence-electron chi connectivity index (χ3n) is 2.27. The van der Waals surface area contributed by atoms with E-state index >= 15 is 0 Å². The van der Waals surface area contributed by atoms with Gasteiger partial charge in [-0.2, -0.15) is 8.78 Å². The molecular weight excluding hydrogens is 278 g/mol. The first-order valence-electron chi connectivity index (χ1n) is 5.44. The molecule has 0 saturated carbocycles. The molecule has 4 nitrogen and oxygen atoms in total. The SMILES string of the molecule is CC(=O)SCC(O)C(O)c1ccc(OC(F)F)cc1. The Bertz CT molecular complexity index is 411. The van der Waals surface area contributed by atoms with Crippen LogP contribution in [0.1, 0.15) is 18.6 Å². The van der Waals surface area contributed by atoms with Crippen molar-refractivity contribution in [2.45, 2.75) is 25.7 Å². The van der Waals surface area contributed by atoms with Crippen LogP contribution in [-0.4, -0.2) is 33.8 Å². The van der Waals surface area contributed by atoms with Crippen LogP contribution in [0.2, 0.25) is 0 Å². The molecule has 2 unspecified atom stereocenters. The van der Waals surface area contributed by atoms with E-state index in [1.165, 1.54) is 31.2 Å². The molecule has 0 fully saturated rings. The Kier molecular flexibility index (Phi) is 6.20. The number of rotatable bonds is 6. The van der Waals surface area contributed by atoms with Gasteiger partial charge in [0.1, 0.15) is 11.9 Å². The van der Waals surface area contributed by atoms with E-state index in [1.54, 1.807) is 0 Å². The maximum atomic E-state index is 11.9. The number of alkyl halides is 2. The zero-order valence-electron chi connectivity index (χ0n) is 10.1. The zero-order valence-corrected chi connectivity index (χ0v) is 10.9. The highest BCUT2D eigenvalue weighted by Crippen LogP contribution is 2.23. The number of carbonyl (C=O) groups excluding carboxylic acids is 1. The van der Waals surface area contributed by atoms with Gasteiger partial charge in [-0.05, 0) is 17.7 Å². The van der Waals surface area contributed by atoms with Gasteiger partial charge in [0.25, 0.3) is 0 Å². The van der Waals surface area contributed by atoms with E-state index in [9.17, 15) is 23.8 Å². The van der Waals surface area contributed by atoms with E-state index in [0.717, 1.165) is 11.8 Å². The van der Waals surface area contributed by atoms with Crippen LogP contribution >= 0.6 is 11.8 Å². The summed E-state index contributed by atoms with van der Waals surface area (Å²) in [6, 6.07) is 5.30. The van der Waals surface area contributed by atoms with Crippen LogP contribution in [0.15, 0.2) is 24.3 Å². The molecule has 0 amide bonds. The van der Waals surface area contributed by atoms with Gasteiger partial charge in [0.2, 0.25) is 0 Å². The minimum atomic E-state index is -2.91. The molecule has 0 aromatic heterocycles. The standard InChI is InChI=1S/C12H14F2O4S/c1-7(15)19-6-10(16)11(17)8-2-4-9(5-3-8)18-12(13)14/h2-5,10-12,16-17H,6H2,1H3. The Morgan fingerprint density at radius 2 is 1.89 bits per heavy atom. The van der Waals surface area contributed by atoms with Gasteiger partial charge in [-0.3, -0.25) is 4.79 Å². The van der Waals surface area contributed by atoms with Crippen molar-refractivity contribution in [3.63, 3.8) is 0 Å². The quantitative estimate of drug-likeness (QED) is 0.839. The van der Waals surface area contributed by atoms with Crippen molar-refractivity contribution in [1.82, 2.24) is 0 Å². The average Bonchev–Trinajstić information content (AvgIpc) is 2.35. The third-order valence-corrected chi connectivity index (χ3v) is 3.18. The van der Waals surface area contributed by atoms with Gasteiger partial charge in [-0.15, -0.1) is 0 Å². The van der Waals surface area contributed by atoms with Gasteiger partial charge in [-0.1, -0.05) is 23.9 Å². The number of hydrogen-bond donors (Lipinski definition) is 2. The predicted octanol–water partition coefficient (Wildman–Crippen LogP) is 1.96. The van der Waals surface area contributed by atoms with Crippen LogP contribution in [0.5, 0.6) is 5.75 Å². The first-order valence-corrected chi connectivity index (χ1v) is 6.43. The Hall–Kier alpha value is -1.18. The number of carbonyl (C=O) groups is 1. The molecule has 1 aromatic rings. The lowest BCUT2D eigenvalue weighted by atomic mass is 10.1. The number of halogens is 2. The number of aliphatic hydroxyl groups is 2. The lowest BCUT2D eigenvalue weighted by Gasteiger charge is -2.17. The van der Waals surface area contributed by atoms with Crippen molar-refractivity contribution in [3.8, 4) is 5.75 Å². The highest BCUT2D eigenvalue weighted by Gasteiger charge is 2.19. The fourth-order valence-corrected chi connectivity index (χ4v) is 1.95. The molecule has 2 N–H and O–H groups in total. The molecule has 0 radical (unpaired) electrons. The number of benzene rings is 1. The van der Waals surface area contributed by atoms with Crippen LogP contribution in [0.3, 0.4) is 0 Å². The Morgan fingerprint density at radius 1 is 1.32 bits per heavy atom. The highest BCUT2D eigenvalue weighted by molar-refractivity contribution is 8.13. The van der Waals surface area contributed by atoms with E-state index in [2.05, 4.69) is 4.74 Å². The summed E-state index contributed by atoms with van der Waals surface area (Å²) in [7, 11) is 0. The van der Waals surface area contributed by atoms with Crippen LogP contribution in [0, 0.1) is 0 Å². The molecule has 0 aliphatic heterocycles. The van der Waals surface area contributed by atoms with E-state index < -0.39 is 18.8 Å². The minimum absolute atomic E-state index is 0.0291. The largest absolute Gasteiger partial charge is 0.435 e. The van der Waals surface area contributed by atoms with Crippen molar-refractivity contribution >= 4 is 16.9 Å². The lowest BCUT2D eigenvalue weighted by Crippen LogP contribution is -2.21. The number of hydrogen-bond acceptors (Lipinski definition) is 5. The van der Waals surface area contributed by atoms with E-state index in [0.29, 0.717) is 5.56 Å². The lowest BCUT2D eigenvalue weighted by molar-refractivity contribution is -0.109. The van der Waals surface area contributed by atoms with Gasteiger partial charge < -0.3 is 14.9 Å². The fraction of sp³-hybridized carbons (Fsp3) is 0.417. The smallest absolute Gasteiger partial charge is 0.387 e. The van der Waals surface area contributed by atoms with E-state index in [-0.39, 0.29) is 16.6 Å². The van der Waals surface area contributed by atoms with Gasteiger partial charge in [0.15, 0.2) is 5.12 Å². The van der Waals surface area contributed by atoms with Gasteiger partial charge >= 0.3 is 6.61 Å². The third kappa shape index (κ3) is 5.54. The molecule has 2 atom stereocenters. The molecule has 0 aliphatic carbocycles. The topological polar surface area (TPSA) is 66.8 Å². The molecule has 0 heterocycles. The molecule has 19 heavy (non-hydrogen) atoms. The number of ether oxygens (including phenoxy) is 1. The summed E-state index contributed by atoms with van der Waals surface area (Å²) >= 11 is 0.901. The molecule has 0 bridgehead atoms. The number of thioether (sulfide) groups is 1. The van der Waals surface area contributed by atoms with Gasteiger partial charge in [-0.25, -0.2) is 0 Å². The van der Waals surface area contributed by atoms with Crippen LogP contribution in [0.25, 0.3) is 0 Å². The van der Waals surface area contributed by atoms with Crippen molar-refractivity contribution in [2.75, 3.05) is 5.75 Å². The monoisotopic (exact) mass is 292 g/mol. The molecule has 0 saturated heterocycles. The second-order valence-electron chi connectivity index (χ2n) is 3.76. The summed E-state index contributed by atoms with van der Waals surface area (Å²) < 4.78 is 28.0. The first kappa shape index (κ1) is 15.9. The molecule has 7 heteroatoms. The Balaban J connectivity index is 2.61. The van der Waals surface area contributed by atoms with E-state index in [1.807, 2.05) is 0 Å². The Morgan fingerprint density at radius 3 is 2.37 bits per heavy atom. The van der Waals surface area contributed by atoms with Crippen LogP contribution < -0.4 is 4.74 Å². The predicted molar refractivity (Wildman–Crippen MR) is 67.2 cm³/mol. The van der Waals surface area contributed by atoms with Crippen molar-refractivity contribution in [3.05, 3.63) is 29.8 Å². The summed E-state index contributed by atoms with van der Waals surface area (Å²) in [5, 5.41) is 19.3. The van der Waals surface area contributed by atoms with Crippen LogP contribution in [-0.2, 0) is 4.79 Å². The van der Waals surface area contributed by atoms with Gasteiger partial charge in [0.05, 0.1) is 6.10 Å². The average molecular weight is 292 g/mol. The Labute approximate surface area is 113 Å². The second kappa shape index (κ2) is 7.42. The number of aliphatic hydroxyl groups excluding tert-OH is 2. The van der Waals surface area contributed by atoms with Crippen molar-refractivity contribution < 1.29 is 28.5 Å². The van der Waals surface area contributed by atoms with E-state index in [4.69, 9.17) is 0 Å². The maximum Gasteiger partial charge on any atom is 0.387 e. The van der Waals surface area contributed by atoms with Crippen molar-refractivity contribution in [2.24, 2.45) is 0 Å². The molecule has 106 valence electrons. The summed E-state index contributed by atoms with van der Waals surface area (Å²) in [5.41, 5.74) is 0.360. The second-order valence-corrected chi connectivity index (χ2v) is 4.96. The molecular formula is C12H14F2O4S. The maximum absolute atomic E-state index is 11.9. The zero-order chi connectivity index (χ0) is 14.4. The summed E-state index contributed by atoms with van der Waals surface area (Å²) in [6.07, 6.45) is -2.30. The normalized spacial score (nSPS) is 14.2. The highest BCUT2D eigenvalue weighted by atomic mass is 32.2. The molecule has 1 aromatic carbocycles. The minimum Gasteiger partial charge on any atom is -0.435 e. The molecule has 1 rings (SSSR count). The van der Waals surface area contributed by atoms with Crippen LogP contribution in [0.4, 0.5) is 8.78 Å². The summed E-state index contributed by atoms with van der Waals surface area (Å²) in [4.78, 5) is 10.7. The first-order chi connectivity index (χ1) is 8.90. The summed E-state index contributed by atoms with van der Waals surface area (Å²) in [6.45, 7) is -1.55.